The van der Waals surface area contributed by atoms with Gasteiger partial charge in [-0.3, -0.25) is 8.98 Å². The minimum Gasteiger partial charge on any atom is -0.419 e. The molecule has 0 aliphatic rings. The molecule has 10 nitrogen and oxygen atoms in total. The van der Waals surface area contributed by atoms with Gasteiger partial charge in [0.2, 0.25) is 5.91 Å². The highest BCUT2D eigenvalue weighted by atomic mass is 32.2. The Hall–Kier alpha value is -3.28. The summed E-state index contributed by atoms with van der Waals surface area (Å²) in [4.78, 5) is 36.2. The van der Waals surface area contributed by atoms with E-state index >= 15 is 0 Å². The van der Waals surface area contributed by atoms with Crippen LogP contribution in [0.1, 0.15) is 49.4 Å². The first-order valence-electron chi connectivity index (χ1n) is 11.2. The van der Waals surface area contributed by atoms with Crippen LogP contribution in [0, 0.1) is 5.41 Å². The molecule has 0 saturated carbocycles. The summed E-state index contributed by atoms with van der Waals surface area (Å²) in [5.41, 5.74) is -0.766. The molecule has 2 aromatic rings. The molecule has 196 valence electrons. The van der Waals surface area contributed by atoms with Gasteiger partial charge >= 0.3 is 11.9 Å². The SMILES string of the molecule is CC(=O)NCCCS(=O)(=O)OCC(C)(C)[C@@H](O)C(=O)OC(OC(=O)c1ccccc1)c1ccccc1. The number of aliphatic hydroxyl groups excluding tert-OH is 1. The summed E-state index contributed by atoms with van der Waals surface area (Å²) in [5, 5.41) is 13.1. The van der Waals surface area contributed by atoms with Crippen LogP contribution >= 0.6 is 0 Å². The van der Waals surface area contributed by atoms with Gasteiger partial charge in [0.05, 0.1) is 17.9 Å². The maximum atomic E-state index is 12.8. The van der Waals surface area contributed by atoms with E-state index in [1.807, 2.05) is 0 Å². The Morgan fingerprint density at radius 3 is 2.14 bits per heavy atom. The number of benzene rings is 2. The topological polar surface area (TPSA) is 145 Å². The van der Waals surface area contributed by atoms with E-state index in [1.165, 1.54) is 32.9 Å². The predicted octanol–water partition coefficient (Wildman–Crippen LogP) is 2.35. The van der Waals surface area contributed by atoms with Crippen molar-refractivity contribution in [2.24, 2.45) is 5.41 Å². The van der Waals surface area contributed by atoms with E-state index in [0.29, 0.717) is 5.56 Å². The first-order valence-corrected chi connectivity index (χ1v) is 12.8. The van der Waals surface area contributed by atoms with Crippen molar-refractivity contribution in [3.63, 3.8) is 0 Å². The van der Waals surface area contributed by atoms with Gasteiger partial charge in [0.15, 0.2) is 6.10 Å². The molecule has 0 spiro atoms. The number of nitrogens with one attached hydrogen (secondary N) is 1. The van der Waals surface area contributed by atoms with Crippen molar-refractivity contribution < 1.29 is 41.6 Å². The van der Waals surface area contributed by atoms with Gasteiger partial charge in [0.1, 0.15) is 0 Å². The number of hydrogen-bond acceptors (Lipinski definition) is 9. The van der Waals surface area contributed by atoms with Gasteiger partial charge < -0.3 is 19.9 Å². The molecule has 0 bridgehead atoms. The monoisotopic (exact) mass is 521 g/mol. The minimum atomic E-state index is -3.97. The van der Waals surface area contributed by atoms with Crippen molar-refractivity contribution in [3.8, 4) is 0 Å². The Kier molecular flexibility index (Phi) is 10.6. The van der Waals surface area contributed by atoms with Gasteiger partial charge in [-0.05, 0) is 18.6 Å². The second kappa shape index (κ2) is 13.1. The van der Waals surface area contributed by atoms with E-state index in [2.05, 4.69) is 5.32 Å². The normalized spacial score (nSPS) is 13.3. The molecule has 1 amide bonds. The largest absolute Gasteiger partial charge is 0.419 e. The lowest BCUT2D eigenvalue weighted by Gasteiger charge is -2.29. The lowest BCUT2D eigenvalue weighted by atomic mass is 9.87. The Morgan fingerprint density at radius 2 is 1.56 bits per heavy atom. The van der Waals surface area contributed by atoms with E-state index in [1.54, 1.807) is 48.5 Å². The minimum absolute atomic E-state index is 0.137. The van der Waals surface area contributed by atoms with Gasteiger partial charge in [-0.1, -0.05) is 62.4 Å². The summed E-state index contributed by atoms with van der Waals surface area (Å²) >= 11 is 0. The average molecular weight is 522 g/mol. The van der Waals surface area contributed by atoms with Crippen molar-refractivity contribution in [2.75, 3.05) is 18.9 Å². The van der Waals surface area contributed by atoms with Crippen molar-refractivity contribution in [2.45, 2.75) is 39.6 Å². The second-order valence-electron chi connectivity index (χ2n) is 8.70. The number of rotatable bonds is 13. The standard InChI is InChI=1S/C25H31NO9S/c1-18(27)26-15-10-16-36(31,32)33-17-25(2,3)21(28)23(30)35-24(20-13-8-5-9-14-20)34-22(29)19-11-6-4-7-12-19/h4-9,11-14,21,24,28H,10,15-17H2,1-3H3,(H,26,27)/t21-,24?/m0/s1. The molecule has 0 aliphatic heterocycles. The molecule has 0 saturated heterocycles. The number of aliphatic hydroxyl groups is 1. The van der Waals surface area contributed by atoms with Crippen LogP contribution in [-0.4, -0.2) is 56.4 Å². The lowest BCUT2D eigenvalue weighted by molar-refractivity contribution is -0.186. The summed E-state index contributed by atoms with van der Waals surface area (Å²) in [5.74, 6) is -2.49. The molecule has 2 N–H and O–H groups in total. The molecule has 0 heterocycles. The number of carbonyl (C=O) groups is 3. The Labute approximate surface area is 210 Å². The molecular weight excluding hydrogens is 490 g/mol. The van der Waals surface area contributed by atoms with Gasteiger partial charge in [-0.25, -0.2) is 9.59 Å². The average Bonchev–Trinajstić information content (AvgIpc) is 2.85. The first kappa shape index (κ1) is 29.0. The number of hydrogen-bond donors (Lipinski definition) is 2. The molecule has 2 atom stereocenters. The number of carbonyl (C=O) groups excluding carboxylic acids is 3. The molecule has 0 radical (unpaired) electrons. The van der Waals surface area contributed by atoms with Crippen LogP contribution in [-0.2, 0) is 33.4 Å². The molecule has 1 unspecified atom stereocenters. The molecule has 0 aromatic heterocycles. The van der Waals surface area contributed by atoms with Crippen molar-refractivity contribution >= 4 is 28.0 Å². The van der Waals surface area contributed by atoms with Gasteiger partial charge in [-0.2, -0.15) is 8.42 Å². The third kappa shape index (κ3) is 9.40. The fraction of sp³-hybridized carbons (Fsp3) is 0.400. The van der Waals surface area contributed by atoms with Crippen LogP contribution in [0.15, 0.2) is 60.7 Å². The molecule has 2 rings (SSSR count). The Bertz CT molecular complexity index is 1120. The second-order valence-corrected chi connectivity index (χ2v) is 10.5. The van der Waals surface area contributed by atoms with E-state index in [9.17, 15) is 27.9 Å². The number of amides is 1. The molecule has 36 heavy (non-hydrogen) atoms. The zero-order chi connectivity index (χ0) is 26.8. The van der Waals surface area contributed by atoms with Crippen molar-refractivity contribution in [1.29, 1.82) is 0 Å². The van der Waals surface area contributed by atoms with Crippen molar-refractivity contribution in [1.82, 2.24) is 5.32 Å². The lowest BCUT2D eigenvalue weighted by Crippen LogP contribution is -2.42. The molecule has 0 fully saturated rings. The fourth-order valence-electron chi connectivity index (χ4n) is 2.89. The van der Waals surface area contributed by atoms with Gasteiger partial charge in [0.25, 0.3) is 16.4 Å². The quantitative estimate of drug-likeness (QED) is 0.176. The van der Waals surface area contributed by atoms with E-state index in [-0.39, 0.29) is 30.2 Å². The highest BCUT2D eigenvalue weighted by Crippen LogP contribution is 2.27. The van der Waals surface area contributed by atoms with Gasteiger partial charge in [0, 0.05) is 24.4 Å². The third-order valence-corrected chi connectivity index (χ3v) is 6.30. The summed E-state index contributed by atoms with van der Waals surface area (Å²) in [6, 6.07) is 16.4. The Morgan fingerprint density at radius 1 is 0.972 bits per heavy atom. The Balaban J connectivity index is 2.03. The fourth-order valence-corrected chi connectivity index (χ4v) is 3.99. The van der Waals surface area contributed by atoms with E-state index in [0.717, 1.165) is 0 Å². The summed E-state index contributed by atoms with van der Waals surface area (Å²) in [7, 11) is -3.97. The van der Waals surface area contributed by atoms with Crippen LogP contribution in [0.5, 0.6) is 0 Å². The zero-order valence-corrected chi connectivity index (χ0v) is 21.2. The number of esters is 2. The van der Waals surface area contributed by atoms with Gasteiger partial charge in [-0.15, -0.1) is 0 Å². The number of ether oxygens (including phenoxy) is 2. The zero-order valence-electron chi connectivity index (χ0n) is 20.4. The van der Waals surface area contributed by atoms with Crippen LogP contribution < -0.4 is 5.32 Å². The van der Waals surface area contributed by atoms with E-state index < -0.39 is 46.5 Å². The highest BCUT2D eigenvalue weighted by molar-refractivity contribution is 7.86. The maximum absolute atomic E-state index is 12.8. The smallest absolute Gasteiger partial charge is 0.341 e. The highest BCUT2D eigenvalue weighted by Gasteiger charge is 2.38. The molecule has 2 aromatic carbocycles. The summed E-state index contributed by atoms with van der Waals surface area (Å²) in [6.45, 7) is 3.84. The van der Waals surface area contributed by atoms with E-state index in [4.69, 9.17) is 13.7 Å². The van der Waals surface area contributed by atoms with Crippen LogP contribution in [0.2, 0.25) is 0 Å². The summed E-state index contributed by atoms with van der Waals surface area (Å²) < 4.78 is 40.0. The maximum Gasteiger partial charge on any atom is 0.341 e. The van der Waals surface area contributed by atoms with Crippen LogP contribution in [0.25, 0.3) is 0 Å². The summed E-state index contributed by atoms with van der Waals surface area (Å²) in [6.07, 6.45) is -3.11. The first-order chi connectivity index (χ1) is 16.9. The molecular formula is C25H31NO9S. The van der Waals surface area contributed by atoms with Crippen molar-refractivity contribution in [3.05, 3.63) is 71.8 Å². The van der Waals surface area contributed by atoms with Crippen LogP contribution in [0.3, 0.4) is 0 Å². The molecule has 0 aliphatic carbocycles. The predicted molar refractivity (Wildman–Crippen MR) is 130 cm³/mol. The third-order valence-electron chi connectivity index (χ3n) is 5.04. The van der Waals surface area contributed by atoms with Crippen LogP contribution in [0.4, 0.5) is 0 Å². The molecule has 11 heteroatoms.